The minimum absolute atomic E-state index is 0.00601. The monoisotopic (exact) mass is 307 g/mol. The Morgan fingerprint density at radius 3 is 3.05 bits per heavy atom. The first-order valence-corrected chi connectivity index (χ1v) is 8.17. The van der Waals surface area contributed by atoms with Gasteiger partial charge in [-0.2, -0.15) is 11.8 Å². The maximum Gasteiger partial charge on any atom is 0.254 e. The summed E-state index contributed by atoms with van der Waals surface area (Å²) in [4.78, 5) is 12.3. The van der Waals surface area contributed by atoms with Gasteiger partial charge in [0, 0.05) is 16.9 Å². The van der Waals surface area contributed by atoms with E-state index in [1.165, 1.54) is 18.2 Å². The number of carbonyl (C=O) groups excluding carboxylic acids is 1. The van der Waals surface area contributed by atoms with Crippen LogP contribution in [0.3, 0.4) is 0 Å². The van der Waals surface area contributed by atoms with Gasteiger partial charge in [0.2, 0.25) is 0 Å². The fourth-order valence-electron chi connectivity index (χ4n) is 2.54. The van der Waals surface area contributed by atoms with E-state index < -0.39 is 11.7 Å². The Labute approximate surface area is 128 Å². The number of aliphatic hydroxyl groups is 1. The molecule has 0 spiro atoms. The number of hydrogen-bond acceptors (Lipinski definition) is 3. The fraction of sp³-hybridized carbons (Fsp3) is 0.438. The Morgan fingerprint density at radius 1 is 1.52 bits per heavy atom. The third-order valence-corrected chi connectivity index (χ3v) is 4.76. The van der Waals surface area contributed by atoms with Crippen molar-refractivity contribution < 1.29 is 14.3 Å². The first kappa shape index (κ1) is 15.9. The van der Waals surface area contributed by atoms with E-state index in [0.717, 1.165) is 19.3 Å². The van der Waals surface area contributed by atoms with Crippen LogP contribution in [0, 0.1) is 17.7 Å². The van der Waals surface area contributed by atoms with Crippen molar-refractivity contribution in [1.82, 2.24) is 5.32 Å². The van der Waals surface area contributed by atoms with Crippen LogP contribution in [0.25, 0.3) is 0 Å². The van der Waals surface area contributed by atoms with Gasteiger partial charge in [-0.15, -0.1) is 0 Å². The van der Waals surface area contributed by atoms with Gasteiger partial charge < -0.3 is 10.4 Å². The number of halogens is 1. The highest BCUT2D eigenvalue weighted by Crippen LogP contribution is 2.28. The van der Waals surface area contributed by atoms with Crippen molar-refractivity contribution in [2.24, 2.45) is 0 Å². The van der Waals surface area contributed by atoms with Crippen LogP contribution in [-0.2, 0) is 0 Å². The van der Waals surface area contributed by atoms with Gasteiger partial charge in [-0.25, -0.2) is 4.39 Å². The summed E-state index contributed by atoms with van der Waals surface area (Å²) >= 11 is 1.74. The minimum Gasteiger partial charge on any atom is -0.384 e. The number of rotatable bonds is 3. The number of benzene rings is 1. The predicted octanol–water partition coefficient (Wildman–Crippen LogP) is 2.18. The highest BCUT2D eigenvalue weighted by Gasteiger charge is 2.28. The van der Waals surface area contributed by atoms with Crippen LogP contribution in [0.5, 0.6) is 0 Å². The molecule has 2 N–H and O–H groups in total. The van der Waals surface area contributed by atoms with Crippen molar-refractivity contribution in [2.75, 3.05) is 12.9 Å². The summed E-state index contributed by atoms with van der Waals surface area (Å²) in [7, 11) is 0. The summed E-state index contributed by atoms with van der Waals surface area (Å²) < 4.78 is 13.8. The first-order valence-electron chi connectivity index (χ1n) is 6.88. The lowest BCUT2D eigenvalue weighted by Crippen LogP contribution is -2.39. The highest BCUT2D eigenvalue weighted by molar-refractivity contribution is 7.99. The molecular weight excluding hydrogens is 289 g/mol. The third kappa shape index (κ3) is 3.99. The second kappa shape index (κ2) is 7.48. The van der Waals surface area contributed by atoms with Crippen LogP contribution in [0.15, 0.2) is 18.2 Å². The maximum absolute atomic E-state index is 13.8. The summed E-state index contributed by atoms with van der Waals surface area (Å²) in [6.07, 6.45) is 5.13. The molecular formula is C16H18FNO2S. The van der Waals surface area contributed by atoms with Gasteiger partial charge in [0.25, 0.3) is 5.91 Å². The van der Waals surface area contributed by atoms with E-state index in [1.807, 2.05) is 6.26 Å². The zero-order valence-corrected chi connectivity index (χ0v) is 12.7. The Kier molecular flexibility index (Phi) is 5.66. The molecule has 0 aliphatic heterocycles. The van der Waals surface area contributed by atoms with Crippen molar-refractivity contribution in [3.63, 3.8) is 0 Å². The average molecular weight is 307 g/mol. The maximum atomic E-state index is 13.8. The second-order valence-electron chi connectivity index (χ2n) is 4.94. The van der Waals surface area contributed by atoms with Crippen molar-refractivity contribution in [3.8, 4) is 11.8 Å². The molecule has 5 heteroatoms. The molecule has 0 radical (unpaired) electrons. The molecule has 1 aromatic rings. The number of amides is 1. The molecule has 1 aliphatic carbocycles. The van der Waals surface area contributed by atoms with Crippen molar-refractivity contribution >= 4 is 17.7 Å². The smallest absolute Gasteiger partial charge is 0.254 e. The fourth-order valence-corrected chi connectivity index (χ4v) is 3.47. The quantitative estimate of drug-likeness (QED) is 0.842. The van der Waals surface area contributed by atoms with Crippen LogP contribution < -0.4 is 5.32 Å². The molecule has 3 nitrogen and oxygen atoms in total. The molecule has 2 atom stereocenters. The van der Waals surface area contributed by atoms with E-state index in [1.54, 1.807) is 11.8 Å². The van der Waals surface area contributed by atoms with E-state index >= 15 is 0 Å². The molecule has 21 heavy (non-hydrogen) atoms. The highest BCUT2D eigenvalue weighted by atomic mass is 32.2. The lowest BCUT2D eigenvalue weighted by atomic mass is 10.1. The Morgan fingerprint density at radius 2 is 2.33 bits per heavy atom. The van der Waals surface area contributed by atoms with Gasteiger partial charge in [0.1, 0.15) is 12.4 Å². The molecule has 1 saturated carbocycles. The number of thioether (sulfide) groups is 1. The van der Waals surface area contributed by atoms with Crippen molar-refractivity contribution in [1.29, 1.82) is 0 Å². The molecule has 2 unspecified atom stereocenters. The van der Waals surface area contributed by atoms with Crippen LogP contribution in [-0.4, -0.2) is 35.2 Å². The molecule has 0 bridgehead atoms. The molecule has 0 aromatic heterocycles. The standard InChI is InChI=1S/C16H18FNO2S/c1-21-15-6-2-5-14(15)18-16(20)12-10-11(4-3-9-19)7-8-13(12)17/h7-8,10,14-15,19H,2,5-6,9H2,1H3,(H,18,20). The van der Waals surface area contributed by atoms with Crippen LogP contribution >= 0.6 is 11.8 Å². The molecule has 1 amide bonds. The summed E-state index contributed by atoms with van der Waals surface area (Å²) in [6, 6.07) is 4.25. The SMILES string of the molecule is CSC1CCCC1NC(=O)c1cc(C#CCO)ccc1F. The molecule has 2 rings (SSSR count). The normalized spacial score (nSPS) is 20.7. The topological polar surface area (TPSA) is 49.3 Å². The van der Waals surface area contributed by atoms with Gasteiger partial charge >= 0.3 is 0 Å². The first-order chi connectivity index (χ1) is 10.2. The van der Waals surface area contributed by atoms with E-state index in [-0.39, 0.29) is 18.2 Å². The zero-order valence-electron chi connectivity index (χ0n) is 11.9. The van der Waals surface area contributed by atoms with Crippen molar-refractivity contribution in [2.45, 2.75) is 30.6 Å². The predicted molar refractivity (Wildman–Crippen MR) is 82.8 cm³/mol. The zero-order chi connectivity index (χ0) is 15.2. The lowest BCUT2D eigenvalue weighted by molar-refractivity contribution is 0.0934. The van der Waals surface area contributed by atoms with Gasteiger partial charge in [-0.05, 0) is 37.3 Å². The van der Waals surface area contributed by atoms with E-state index in [9.17, 15) is 9.18 Å². The summed E-state index contributed by atoms with van der Waals surface area (Å²) in [5.41, 5.74) is 0.523. The Hall–Kier alpha value is -1.51. The number of hydrogen-bond donors (Lipinski definition) is 2. The molecule has 1 aliphatic rings. The summed E-state index contributed by atoms with van der Waals surface area (Å²) in [5.74, 6) is 4.22. The summed E-state index contributed by atoms with van der Waals surface area (Å²) in [5, 5.41) is 12.0. The van der Waals surface area contributed by atoms with Gasteiger partial charge in [-0.3, -0.25) is 4.79 Å². The molecule has 1 aromatic carbocycles. The van der Waals surface area contributed by atoms with Gasteiger partial charge in [0.05, 0.1) is 5.56 Å². The van der Waals surface area contributed by atoms with E-state index in [4.69, 9.17) is 5.11 Å². The van der Waals surface area contributed by atoms with E-state index in [0.29, 0.717) is 10.8 Å². The molecule has 112 valence electrons. The molecule has 1 fully saturated rings. The van der Waals surface area contributed by atoms with E-state index in [2.05, 4.69) is 17.2 Å². The second-order valence-corrected chi connectivity index (χ2v) is 6.02. The number of carbonyl (C=O) groups is 1. The minimum atomic E-state index is -0.555. The van der Waals surface area contributed by atoms with Gasteiger partial charge in [0.15, 0.2) is 0 Å². The van der Waals surface area contributed by atoms with Crippen LogP contribution in [0.1, 0.15) is 35.2 Å². The Balaban J connectivity index is 2.14. The largest absolute Gasteiger partial charge is 0.384 e. The van der Waals surface area contributed by atoms with Crippen LogP contribution in [0.4, 0.5) is 4.39 Å². The third-order valence-electron chi connectivity index (χ3n) is 3.59. The number of aliphatic hydroxyl groups excluding tert-OH is 1. The summed E-state index contributed by atoms with van der Waals surface area (Å²) in [6.45, 7) is -0.267. The van der Waals surface area contributed by atoms with Crippen LogP contribution in [0.2, 0.25) is 0 Å². The van der Waals surface area contributed by atoms with Crippen molar-refractivity contribution in [3.05, 3.63) is 35.1 Å². The Bertz CT molecular complexity index is 579. The van der Waals surface area contributed by atoms with Gasteiger partial charge in [-0.1, -0.05) is 18.3 Å². The number of nitrogens with one attached hydrogen (secondary N) is 1. The average Bonchev–Trinajstić information content (AvgIpc) is 2.93. The lowest BCUT2D eigenvalue weighted by Gasteiger charge is -2.19. The molecule has 0 heterocycles. The molecule has 0 saturated heterocycles.